The number of nitrogens with one attached hydrogen (secondary N) is 1. The van der Waals surface area contributed by atoms with Gasteiger partial charge in [-0.05, 0) is 47.5 Å². The molecule has 1 amide bonds. The number of carbonyl (C=O) groups is 1. The van der Waals surface area contributed by atoms with Gasteiger partial charge in [0.1, 0.15) is 24.0 Å². The number of aromatic nitrogens is 2. The van der Waals surface area contributed by atoms with Crippen LogP contribution in [0.1, 0.15) is 12.8 Å². The molecule has 1 aliphatic heterocycles. The van der Waals surface area contributed by atoms with Crippen LogP contribution in [0.4, 0.5) is 17.2 Å². The number of fused-ring (bicyclic) bond motifs is 1. The normalized spacial score (nSPS) is 13.5. The third-order valence-electron chi connectivity index (χ3n) is 7.29. The Kier molecular flexibility index (Phi) is 8.24. The molecule has 5 rings (SSSR count). The van der Waals surface area contributed by atoms with Crippen molar-refractivity contribution in [2.75, 3.05) is 51.6 Å². The Labute approximate surface area is 240 Å². The molecule has 1 aliphatic rings. The lowest BCUT2D eigenvalue weighted by Crippen LogP contribution is -2.41. The minimum atomic E-state index is -0.0514. The average Bonchev–Trinajstić information content (AvgIpc) is 3.01. The maximum atomic E-state index is 12.0. The van der Waals surface area contributed by atoms with E-state index in [0.29, 0.717) is 41.7 Å². The predicted molar refractivity (Wildman–Crippen MR) is 163 cm³/mol. The highest BCUT2D eigenvalue weighted by Gasteiger charge is 2.24. The predicted octanol–water partition coefficient (Wildman–Crippen LogP) is 5.68. The van der Waals surface area contributed by atoms with Crippen molar-refractivity contribution in [1.82, 2.24) is 14.9 Å². The number of ether oxygens (including phenoxy) is 3. The largest absolute Gasteiger partial charge is 0.495 e. The van der Waals surface area contributed by atoms with Crippen LogP contribution in [-0.2, 0) is 4.79 Å². The average molecular weight is 554 g/mol. The van der Waals surface area contributed by atoms with Crippen LogP contribution in [0.2, 0.25) is 0 Å². The summed E-state index contributed by atoms with van der Waals surface area (Å²) in [6.45, 7) is 4.83. The summed E-state index contributed by atoms with van der Waals surface area (Å²) in [4.78, 5) is 24.9. The lowest BCUT2D eigenvalue weighted by molar-refractivity contribution is -0.127. The number of piperidine rings is 1. The van der Waals surface area contributed by atoms with Crippen molar-refractivity contribution in [2.24, 2.45) is 0 Å². The Morgan fingerprint density at radius 1 is 0.976 bits per heavy atom. The lowest BCUT2D eigenvalue weighted by Gasteiger charge is -2.31. The first kappa shape index (κ1) is 27.8. The van der Waals surface area contributed by atoms with Crippen LogP contribution >= 0.6 is 0 Å². The SMILES string of the molecule is C=CC(=O)N1CCC(Oc2cc3c(Nc4cc(-c5cccc(N(C)C)c5)ccc4OC)ncnc3cc2OC)CC1. The van der Waals surface area contributed by atoms with Crippen molar-refractivity contribution < 1.29 is 19.0 Å². The van der Waals surface area contributed by atoms with Crippen LogP contribution in [0, 0.1) is 0 Å². The molecule has 1 N–H and O–H groups in total. The highest BCUT2D eigenvalue weighted by atomic mass is 16.5. The maximum Gasteiger partial charge on any atom is 0.245 e. The number of rotatable bonds is 9. The van der Waals surface area contributed by atoms with Gasteiger partial charge >= 0.3 is 0 Å². The molecule has 0 aliphatic carbocycles. The minimum Gasteiger partial charge on any atom is -0.495 e. The number of likely N-dealkylation sites (tertiary alicyclic amines) is 1. The zero-order valence-corrected chi connectivity index (χ0v) is 23.9. The van der Waals surface area contributed by atoms with E-state index in [2.05, 4.69) is 57.1 Å². The van der Waals surface area contributed by atoms with E-state index >= 15 is 0 Å². The standard InChI is InChI=1S/C32H35N5O4/c1-6-31(38)37-14-12-24(13-15-37)41-30-18-25-26(19-29(30)40-5)33-20-34-32(25)35-27-17-22(10-11-28(27)39-4)21-8-7-9-23(16-21)36(2)3/h6-11,16-20,24H,1,12-15H2,2-5H3,(H,33,34,35). The monoisotopic (exact) mass is 553 g/mol. The summed E-state index contributed by atoms with van der Waals surface area (Å²) in [7, 11) is 7.32. The third kappa shape index (κ3) is 6.04. The number of hydrogen-bond donors (Lipinski definition) is 1. The summed E-state index contributed by atoms with van der Waals surface area (Å²) in [5.74, 6) is 2.45. The number of carbonyl (C=O) groups excluding carboxylic acids is 1. The van der Waals surface area contributed by atoms with Crippen molar-refractivity contribution in [2.45, 2.75) is 18.9 Å². The molecular formula is C32H35N5O4. The van der Waals surface area contributed by atoms with E-state index in [9.17, 15) is 4.79 Å². The number of amides is 1. The van der Waals surface area contributed by atoms with E-state index in [1.807, 2.05) is 38.4 Å². The van der Waals surface area contributed by atoms with E-state index in [1.54, 1.807) is 19.1 Å². The first-order valence-electron chi connectivity index (χ1n) is 13.5. The minimum absolute atomic E-state index is 0.0500. The van der Waals surface area contributed by atoms with Gasteiger partial charge in [-0.1, -0.05) is 24.8 Å². The van der Waals surface area contributed by atoms with Gasteiger partial charge in [0.05, 0.1) is 25.4 Å². The molecule has 41 heavy (non-hydrogen) atoms. The lowest BCUT2D eigenvalue weighted by atomic mass is 10.0. The number of benzene rings is 3. The Balaban J connectivity index is 1.46. The maximum absolute atomic E-state index is 12.0. The molecule has 0 spiro atoms. The van der Waals surface area contributed by atoms with Gasteiger partial charge in [0.2, 0.25) is 5.91 Å². The molecular weight excluding hydrogens is 518 g/mol. The first-order valence-corrected chi connectivity index (χ1v) is 13.5. The molecule has 1 aromatic heterocycles. The molecule has 9 nitrogen and oxygen atoms in total. The molecule has 0 bridgehead atoms. The number of anilines is 3. The third-order valence-corrected chi connectivity index (χ3v) is 7.29. The molecule has 1 fully saturated rings. The van der Waals surface area contributed by atoms with Crippen molar-refractivity contribution in [1.29, 1.82) is 0 Å². The molecule has 2 heterocycles. The van der Waals surface area contributed by atoms with Crippen LogP contribution in [-0.4, -0.2) is 68.3 Å². The van der Waals surface area contributed by atoms with E-state index in [4.69, 9.17) is 14.2 Å². The first-order chi connectivity index (χ1) is 19.9. The molecule has 1 saturated heterocycles. The summed E-state index contributed by atoms with van der Waals surface area (Å²) in [6.07, 6.45) is 4.26. The van der Waals surface area contributed by atoms with Gasteiger partial charge in [-0.15, -0.1) is 0 Å². The Hall–Kier alpha value is -4.79. The summed E-state index contributed by atoms with van der Waals surface area (Å²) >= 11 is 0. The zero-order chi connectivity index (χ0) is 28.9. The van der Waals surface area contributed by atoms with Gasteiger partial charge in [-0.25, -0.2) is 9.97 Å². The second kappa shape index (κ2) is 12.2. The smallest absolute Gasteiger partial charge is 0.245 e. The summed E-state index contributed by atoms with van der Waals surface area (Å²) in [5, 5.41) is 4.25. The Morgan fingerprint density at radius 2 is 1.73 bits per heavy atom. The van der Waals surface area contributed by atoms with Gasteiger partial charge in [0.25, 0.3) is 0 Å². The van der Waals surface area contributed by atoms with Crippen molar-refractivity contribution in [3.63, 3.8) is 0 Å². The molecule has 0 saturated carbocycles. The van der Waals surface area contributed by atoms with Gasteiger partial charge in [0.15, 0.2) is 11.5 Å². The van der Waals surface area contributed by atoms with E-state index in [0.717, 1.165) is 40.7 Å². The van der Waals surface area contributed by atoms with Crippen LogP contribution in [0.25, 0.3) is 22.0 Å². The molecule has 4 aromatic rings. The zero-order valence-electron chi connectivity index (χ0n) is 23.9. The molecule has 0 atom stereocenters. The summed E-state index contributed by atoms with van der Waals surface area (Å²) in [6, 6.07) is 18.2. The highest BCUT2D eigenvalue weighted by Crippen LogP contribution is 2.38. The topological polar surface area (TPSA) is 89.1 Å². The van der Waals surface area contributed by atoms with E-state index in [1.165, 1.54) is 12.4 Å². The molecule has 0 radical (unpaired) electrons. The highest BCUT2D eigenvalue weighted by molar-refractivity contribution is 5.94. The van der Waals surface area contributed by atoms with Crippen molar-refractivity contribution in [3.8, 4) is 28.4 Å². The molecule has 3 aromatic carbocycles. The Morgan fingerprint density at radius 3 is 2.44 bits per heavy atom. The number of nitrogens with zero attached hydrogens (tertiary/aromatic N) is 4. The molecule has 212 valence electrons. The van der Waals surface area contributed by atoms with E-state index in [-0.39, 0.29) is 12.0 Å². The van der Waals surface area contributed by atoms with Gasteiger partial charge < -0.3 is 29.3 Å². The number of hydrogen-bond acceptors (Lipinski definition) is 8. The second-order valence-electron chi connectivity index (χ2n) is 10.1. The second-order valence-corrected chi connectivity index (χ2v) is 10.1. The number of methoxy groups -OCH3 is 2. The summed E-state index contributed by atoms with van der Waals surface area (Å²) in [5.41, 5.74) is 4.75. The van der Waals surface area contributed by atoms with Crippen molar-refractivity contribution in [3.05, 3.63) is 73.6 Å². The fourth-order valence-corrected chi connectivity index (χ4v) is 4.99. The molecule has 9 heteroatoms. The van der Waals surface area contributed by atoms with Crippen LogP contribution in [0.3, 0.4) is 0 Å². The van der Waals surface area contributed by atoms with Crippen molar-refractivity contribution >= 4 is 34.0 Å². The fourth-order valence-electron chi connectivity index (χ4n) is 4.99. The van der Waals surface area contributed by atoms with Crippen LogP contribution in [0.15, 0.2) is 73.6 Å². The van der Waals surface area contributed by atoms with Gasteiger partial charge in [-0.3, -0.25) is 4.79 Å². The Bertz CT molecular complexity index is 1560. The van der Waals surface area contributed by atoms with Gasteiger partial charge in [-0.2, -0.15) is 0 Å². The summed E-state index contributed by atoms with van der Waals surface area (Å²) < 4.78 is 17.7. The quantitative estimate of drug-likeness (QED) is 0.265. The van der Waals surface area contributed by atoms with Gasteiger partial charge in [0, 0.05) is 57.2 Å². The molecule has 0 unspecified atom stereocenters. The van der Waals surface area contributed by atoms with Crippen LogP contribution < -0.4 is 24.4 Å². The van der Waals surface area contributed by atoms with E-state index < -0.39 is 0 Å². The van der Waals surface area contributed by atoms with Crippen LogP contribution in [0.5, 0.6) is 17.2 Å². The fraction of sp³-hybridized carbons (Fsp3) is 0.281.